The van der Waals surface area contributed by atoms with Crippen LogP contribution in [0.5, 0.6) is 0 Å². The lowest BCUT2D eigenvalue weighted by atomic mass is 9.98. The number of carbonyl (C=O) groups excluding carboxylic acids is 3. The molecule has 1 atom stereocenters. The third-order valence-corrected chi connectivity index (χ3v) is 3.21. The first-order chi connectivity index (χ1) is 9.04. The largest absolute Gasteiger partial charge is 0.354 e. The summed E-state index contributed by atoms with van der Waals surface area (Å²) in [6.45, 7) is 2.42. The number of imide groups is 1. The molecule has 6 heteroatoms. The van der Waals surface area contributed by atoms with Crippen LogP contribution in [0.3, 0.4) is 0 Å². The lowest BCUT2D eigenvalue weighted by Crippen LogP contribution is -2.32. The smallest absolute Gasteiger partial charge is 0.253 e. The number of amides is 3. The van der Waals surface area contributed by atoms with Crippen LogP contribution in [0.1, 0.15) is 32.6 Å². The number of nitrogens with zero attached hydrogens (tertiary/aromatic N) is 1. The molecule has 19 heavy (non-hydrogen) atoms. The van der Waals surface area contributed by atoms with Gasteiger partial charge < -0.3 is 5.32 Å². The van der Waals surface area contributed by atoms with E-state index >= 15 is 0 Å². The number of carbonyl (C=O) groups is 3. The van der Waals surface area contributed by atoms with Crippen LogP contribution in [0.25, 0.3) is 0 Å². The molecule has 0 unspecified atom stereocenters. The summed E-state index contributed by atoms with van der Waals surface area (Å²) in [4.78, 5) is 35.3. The van der Waals surface area contributed by atoms with E-state index in [-0.39, 0.29) is 23.8 Å². The molecule has 1 rings (SSSR count). The quantitative estimate of drug-likeness (QED) is 0.382. The van der Waals surface area contributed by atoms with Crippen molar-refractivity contribution in [2.75, 3.05) is 6.54 Å². The van der Waals surface area contributed by atoms with Crippen LogP contribution >= 0.6 is 0 Å². The van der Waals surface area contributed by atoms with Gasteiger partial charge in [-0.25, -0.2) is 0 Å². The molecule has 104 valence electrons. The predicted octanol–water partition coefficient (Wildman–Crippen LogP) is 0.0279. The van der Waals surface area contributed by atoms with Gasteiger partial charge in [-0.15, -0.1) is 0 Å². The van der Waals surface area contributed by atoms with Gasteiger partial charge in [0.2, 0.25) is 5.91 Å². The fraction of sp³-hybridized carbons (Fsp3) is 0.615. The van der Waals surface area contributed by atoms with Crippen molar-refractivity contribution >= 4 is 25.6 Å². The van der Waals surface area contributed by atoms with Crippen LogP contribution in [-0.2, 0) is 14.4 Å². The Hall–Kier alpha value is -1.59. The minimum absolute atomic E-state index is 0.0735. The van der Waals surface area contributed by atoms with E-state index in [9.17, 15) is 14.4 Å². The van der Waals surface area contributed by atoms with Gasteiger partial charge in [-0.2, -0.15) is 0 Å². The van der Waals surface area contributed by atoms with Crippen molar-refractivity contribution in [1.82, 2.24) is 10.2 Å². The Morgan fingerprint density at radius 3 is 2.47 bits per heavy atom. The molecule has 0 radical (unpaired) electrons. The molecule has 0 bridgehead atoms. The molecule has 0 aromatic rings. The van der Waals surface area contributed by atoms with Crippen LogP contribution < -0.4 is 5.32 Å². The van der Waals surface area contributed by atoms with Gasteiger partial charge in [0.05, 0.1) is 0 Å². The number of unbranched alkanes of at least 4 members (excludes halogenated alkanes) is 2. The minimum atomic E-state index is -0.237. The summed E-state index contributed by atoms with van der Waals surface area (Å²) >= 11 is 0. The lowest BCUT2D eigenvalue weighted by molar-refractivity contribution is -0.137. The Bertz CT molecular complexity index is 364. The van der Waals surface area contributed by atoms with Crippen LogP contribution in [-0.4, -0.2) is 43.1 Å². The van der Waals surface area contributed by atoms with E-state index in [0.29, 0.717) is 13.0 Å². The Morgan fingerprint density at radius 1 is 1.26 bits per heavy atom. The number of hydrogen-bond acceptors (Lipinski definition) is 3. The fourth-order valence-electron chi connectivity index (χ4n) is 1.83. The predicted molar refractivity (Wildman–Crippen MR) is 75.3 cm³/mol. The highest BCUT2D eigenvalue weighted by Crippen LogP contribution is 2.07. The Morgan fingerprint density at radius 2 is 1.89 bits per heavy atom. The van der Waals surface area contributed by atoms with Crippen molar-refractivity contribution in [3.63, 3.8) is 0 Å². The third-order valence-electron chi connectivity index (χ3n) is 3.21. The van der Waals surface area contributed by atoms with E-state index in [2.05, 4.69) is 5.32 Å². The maximum Gasteiger partial charge on any atom is 0.253 e. The van der Waals surface area contributed by atoms with Crippen molar-refractivity contribution in [3.8, 4) is 0 Å². The molecule has 0 saturated carbocycles. The maximum absolute atomic E-state index is 11.5. The van der Waals surface area contributed by atoms with Gasteiger partial charge in [0.15, 0.2) is 0 Å². The Labute approximate surface area is 114 Å². The van der Waals surface area contributed by atoms with E-state index in [4.69, 9.17) is 0 Å². The van der Waals surface area contributed by atoms with E-state index in [1.54, 1.807) is 0 Å². The first-order valence-corrected chi connectivity index (χ1v) is 6.87. The Balaban J connectivity index is 2.07. The van der Waals surface area contributed by atoms with Gasteiger partial charge in [0.25, 0.3) is 11.8 Å². The van der Waals surface area contributed by atoms with E-state index in [0.717, 1.165) is 25.6 Å². The van der Waals surface area contributed by atoms with Gasteiger partial charge in [-0.05, 0) is 19.8 Å². The van der Waals surface area contributed by atoms with Gasteiger partial charge in [0.1, 0.15) is 7.85 Å². The molecule has 1 N–H and O–H groups in total. The highest BCUT2D eigenvalue weighted by molar-refractivity contribution is 6.12. The number of rotatable bonds is 8. The van der Waals surface area contributed by atoms with Crippen molar-refractivity contribution in [1.29, 1.82) is 0 Å². The van der Waals surface area contributed by atoms with Crippen molar-refractivity contribution in [3.05, 3.63) is 12.2 Å². The van der Waals surface area contributed by atoms with Crippen LogP contribution in [0.15, 0.2) is 12.2 Å². The molecule has 1 aliphatic rings. The second-order valence-electron chi connectivity index (χ2n) is 4.85. The second-order valence-corrected chi connectivity index (χ2v) is 4.85. The molecule has 0 aromatic carbocycles. The molecular formula is C13H21BN2O3. The van der Waals surface area contributed by atoms with Gasteiger partial charge in [0, 0.05) is 31.2 Å². The zero-order chi connectivity index (χ0) is 14.3. The summed E-state index contributed by atoms with van der Waals surface area (Å²) in [5.74, 6) is -0.400. The average Bonchev–Trinajstić information content (AvgIpc) is 2.69. The van der Waals surface area contributed by atoms with Crippen molar-refractivity contribution in [2.45, 2.75) is 45.0 Å². The highest BCUT2D eigenvalue weighted by atomic mass is 16.2. The molecular weight excluding hydrogens is 243 g/mol. The minimum Gasteiger partial charge on any atom is -0.354 e. The molecule has 0 aromatic heterocycles. The zero-order valence-electron chi connectivity index (χ0n) is 11.6. The molecule has 5 nitrogen and oxygen atoms in total. The van der Waals surface area contributed by atoms with Crippen molar-refractivity contribution in [2.24, 2.45) is 0 Å². The number of nitrogens with one attached hydrogen (secondary N) is 1. The van der Waals surface area contributed by atoms with E-state index in [1.807, 2.05) is 14.8 Å². The van der Waals surface area contributed by atoms with Gasteiger partial charge in [-0.3, -0.25) is 19.3 Å². The van der Waals surface area contributed by atoms with E-state index < -0.39 is 0 Å². The summed E-state index contributed by atoms with van der Waals surface area (Å²) in [7, 11) is 2.03. The van der Waals surface area contributed by atoms with Crippen LogP contribution in [0, 0.1) is 0 Å². The summed E-state index contributed by atoms with van der Waals surface area (Å²) < 4.78 is 0. The standard InChI is InChI=1S/C13H21BN2O3/c1-10(9-14)15-11(17)5-3-2-4-8-16-12(18)6-7-13(16)19/h6-7,10H,2-5,8-9,14H2,1H3,(H,15,17)/t10-/m0/s1. The SMILES string of the molecule is BC[C@H](C)NC(=O)CCCCCN1C(=O)C=CC1=O. The molecule has 0 fully saturated rings. The third kappa shape index (κ3) is 5.28. The maximum atomic E-state index is 11.5. The van der Waals surface area contributed by atoms with E-state index in [1.165, 1.54) is 17.1 Å². The first-order valence-electron chi connectivity index (χ1n) is 6.87. The second kappa shape index (κ2) is 7.76. The molecule has 0 saturated heterocycles. The summed E-state index contributed by atoms with van der Waals surface area (Å²) in [5.41, 5.74) is 0. The van der Waals surface area contributed by atoms with Crippen molar-refractivity contribution < 1.29 is 14.4 Å². The Kier molecular flexibility index (Phi) is 6.32. The summed E-state index contributed by atoms with van der Waals surface area (Å²) in [6.07, 6.45) is 6.39. The lowest BCUT2D eigenvalue weighted by Gasteiger charge is -2.13. The number of hydrogen-bond donors (Lipinski definition) is 1. The molecule has 1 heterocycles. The van der Waals surface area contributed by atoms with Gasteiger partial charge in [-0.1, -0.05) is 12.7 Å². The van der Waals surface area contributed by atoms with Crippen LogP contribution in [0.2, 0.25) is 6.32 Å². The summed E-state index contributed by atoms with van der Waals surface area (Å²) in [5, 5.41) is 2.91. The molecule has 1 aliphatic heterocycles. The molecule has 3 amide bonds. The highest BCUT2D eigenvalue weighted by Gasteiger charge is 2.22. The average molecular weight is 264 g/mol. The normalized spacial score (nSPS) is 15.9. The monoisotopic (exact) mass is 264 g/mol. The fourth-order valence-corrected chi connectivity index (χ4v) is 1.83. The molecule has 0 spiro atoms. The van der Waals surface area contributed by atoms with Gasteiger partial charge >= 0.3 is 0 Å². The first kappa shape index (κ1) is 15.5. The topological polar surface area (TPSA) is 66.5 Å². The summed E-state index contributed by atoms with van der Waals surface area (Å²) in [6, 6.07) is 0.221. The molecule has 0 aliphatic carbocycles. The zero-order valence-corrected chi connectivity index (χ0v) is 11.6. The van der Waals surface area contributed by atoms with Crippen LogP contribution in [0.4, 0.5) is 0 Å².